The third-order valence-electron chi connectivity index (χ3n) is 3.31. The van der Waals surface area contributed by atoms with Crippen molar-refractivity contribution in [3.05, 3.63) is 42.0 Å². The first-order valence-corrected chi connectivity index (χ1v) is 8.16. The Labute approximate surface area is 138 Å². The van der Waals surface area contributed by atoms with Gasteiger partial charge in [-0.3, -0.25) is 0 Å². The summed E-state index contributed by atoms with van der Waals surface area (Å²) in [4.78, 5) is 4.53. The molecule has 0 aliphatic heterocycles. The summed E-state index contributed by atoms with van der Waals surface area (Å²) in [6, 6.07) is 12.9. The molecule has 3 rings (SSSR count). The van der Waals surface area contributed by atoms with Gasteiger partial charge in [-0.1, -0.05) is 19.9 Å². The van der Waals surface area contributed by atoms with Gasteiger partial charge in [0.2, 0.25) is 0 Å². The number of fused-ring (bicyclic) bond motifs is 1. The summed E-state index contributed by atoms with van der Waals surface area (Å²) in [6.45, 7) is 4.70. The average Bonchev–Trinajstić information content (AvgIpc) is 2.98. The van der Waals surface area contributed by atoms with E-state index in [4.69, 9.17) is 4.74 Å². The van der Waals surface area contributed by atoms with Crippen LogP contribution in [-0.2, 0) is 0 Å². The van der Waals surface area contributed by atoms with Crippen molar-refractivity contribution in [2.45, 2.75) is 13.8 Å². The summed E-state index contributed by atoms with van der Waals surface area (Å²) in [5, 5.41) is 20.0. The molecule has 0 amide bonds. The van der Waals surface area contributed by atoms with E-state index in [0.717, 1.165) is 20.8 Å². The van der Waals surface area contributed by atoms with Gasteiger partial charge in [0.1, 0.15) is 22.6 Å². The maximum absolute atomic E-state index is 9.90. The molecule has 1 N–H and O–H groups in total. The SMILES string of the molecule is CC(C)COc1ccc(-c2nc3cccc(O)c3s2)cc1C#N. The highest BCUT2D eigenvalue weighted by Gasteiger charge is 2.12. The van der Waals surface area contributed by atoms with Gasteiger partial charge in [0.15, 0.2) is 0 Å². The van der Waals surface area contributed by atoms with E-state index in [1.807, 2.05) is 18.2 Å². The van der Waals surface area contributed by atoms with Crippen molar-refractivity contribution >= 4 is 21.6 Å². The van der Waals surface area contributed by atoms with Crippen LogP contribution in [0.15, 0.2) is 36.4 Å². The van der Waals surface area contributed by atoms with Crippen LogP contribution >= 0.6 is 11.3 Å². The predicted molar refractivity (Wildman–Crippen MR) is 91.8 cm³/mol. The van der Waals surface area contributed by atoms with Crippen molar-refractivity contribution in [1.29, 1.82) is 5.26 Å². The molecule has 3 aromatic rings. The van der Waals surface area contributed by atoms with Gasteiger partial charge < -0.3 is 9.84 Å². The van der Waals surface area contributed by atoms with E-state index in [1.54, 1.807) is 18.2 Å². The number of ether oxygens (including phenoxy) is 1. The van der Waals surface area contributed by atoms with Crippen LogP contribution in [0, 0.1) is 17.2 Å². The molecular formula is C18H16N2O2S. The molecule has 4 nitrogen and oxygen atoms in total. The normalized spacial score (nSPS) is 10.9. The monoisotopic (exact) mass is 324 g/mol. The Morgan fingerprint density at radius 3 is 2.83 bits per heavy atom. The number of nitriles is 1. The van der Waals surface area contributed by atoms with Gasteiger partial charge >= 0.3 is 0 Å². The number of phenolic OH excluding ortho intramolecular Hbond substituents is 1. The Balaban J connectivity index is 1.99. The highest BCUT2D eigenvalue weighted by molar-refractivity contribution is 7.22. The van der Waals surface area contributed by atoms with Gasteiger partial charge in [0.05, 0.1) is 22.4 Å². The lowest BCUT2D eigenvalue weighted by atomic mass is 10.1. The van der Waals surface area contributed by atoms with Crippen LogP contribution in [0.5, 0.6) is 11.5 Å². The lowest BCUT2D eigenvalue weighted by Gasteiger charge is -2.10. The van der Waals surface area contributed by atoms with E-state index in [0.29, 0.717) is 23.8 Å². The molecule has 0 saturated carbocycles. The van der Waals surface area contributed by atoms with Crippen molar-refractivity contribution in [3.63, 3.8) is 0 Å². The third kappa shape index (κ3) is 3.13. The summed E-state index contributed by atoms with van der Waals surface area (Å²) >= 11 is 1.41. The second-order valence-electron chi connectivity index (χ2n) is 5.67. The molecule has 0 aliphatic carbocycles. The van der Waals surface area contributed by atoms with Crippen molar-refractivity contribution in [1.82, 2.24) is 4.98 Å². The molecule has 0 aliphatic rings. The van der Waals surface area contributed by atoms with Gasteiger partial charge in [-0.2, -0.15) is 5.26 Å². The van der Waals surface area contributed by atoms with E-state index in [1.165, 1.54) is 11.3 Å². The fraction of sp³-hybridized carbons (Fsp3) is 0.222. The van der Waals surface area contributed by atoms with Crippen LogP contribution in [0.25, 0.3) is 20.8 Å². The van der Waals surface area contributed by atoms with E-state index in [9.17, 15) is 10.4 Å². The lowest BCUT2D eigenvalue weighted by Crippen LogP contribution is -2.05. The van der Waals surface area contributed by atoms with Crippen LogP contribution in [0.2, 0.25) is 0 Å². The first kappa shape index (κ1) is 15.3. The van der Waals surface area contributed by atoms with Gasteiger partial charge in [0, 0.05) is 5.56 Å². The molecule has 0 radical (unpaired) electrons. The number of nitrogens with zero attached hydrogens (tertiary/aromatic N) is 2. The number of aromatic nitrogens is 1. The second-order valence-corrected chi connectivity index (χ2v) is 6.67. The number of rotatable bonds is 4. The van der Waals surface area contributed by atoms with Gasteiger partial charge in [0.25, 0.3) is 0 Å². The zero-order valence-electron chi connectivity index (χ0n) is 12.9. The molecule has 23 heavy (non-hydrogen) atoms. The van der Waals surface area contributed by atoms with E-state index < -0.39 is 0 Å². The smallest absolute Gasteiger partial charge is 0.137 e. The maximum atomic E-state index is 9.90. The number of aromatic hydroxyl groups is 1. The van der Waals surface area contributed by atoms with Crippen molar-refractivity contribution < 1.29 is 9.84 Å². The van der Waals surface area contributed by atoms with Crippen LogP contribution in [-0.4, -0.2) is 16.7 Å². The van der Waals surface area contributed by atoms with Crippen molar-refractivity contribution in [2.24, 2.45) is 5.92 Å². The zero-order valence-corrected chi connectivity index (χ0v) is 13.7. The van der Waals surface area contributed by atoms with E-state index in [2.05, 4.69) is 24.9 Å². The highest BCUT2D eigenvalue weighted by Crippen LogP contribution is 2.36. The van der Waals surface area contributed by atoms with Gasteiger partial charge in [-0.15, -0.1) is 11.3 Å². The molecule has 1 aromatic heterocycles. The molecule has 1 heterocycles. The topological polar surface area (TPSA) is 66.1 Å². The van der Waals surface area contributed by atoms with E-state index in [-0.39, 0.29) is 5.75 Å². The molecule has 0 atom stereocenters. The molecule has 0 spiro atoms. The number of hydrogen-bond acceptors (Lipinski definition) is 5. The Bertz CT molecular complexity index is 894. The van der Waals surface area contributed by atoms with Crippen LogP contribution in [0.3, 0.4) is 0 Å². The molecule has 5 heteroatoms. The van der Waals surface area contributed by atoms with E-state index >= 15 is 0 Å². The Morgan fingerprint density at radius 1 is 1.30 bits per heavy atom. The minimum Gasteiger partial charge on any atom is -0.506 e. The predicted octanol–water partition coefficient (Wildman–Crippen LogP) is 4.58. The third-order valence-corrected chi connectivity index (χ3v) is 4.46. The number of benzene rings is 2. The van der Waals surface area contributed by atoms with Crippen molar-refractivity contribution in [3.8, 4) is 28.1 Å². The maximum Gasteiger partial charge on any atom is 0.137 e. The first-order valence-electron chi connectivity index (χ1n) is 7.34. The van der Waals surface area contributed by atoms with Gasteiger partial charge in [-0.25, -0.2) is 4.98 Å². The highest BCUT2D eigenvalue weighted by atomic mass is 32.1. The first-order chi connectivity index (χ1) is 11.1. The van der Waals surface area contributed by atoms with Crippen LogP contribution < -0.4 is 4.74 Å². The zero-order chi connectivity index (χ0) is 16.4. The quantitative estimate of drug-likeness (QED) is 0.763. The molecule has 116 valence electrons. The number of phenols is 1. The fourth-order valence-corrected chi connectivity index (χ4v) is 3.16. The molecule has 0 unspecified atom stereocenters. The number of hydrogen-bond donors (Lipinski definition) is 1. The van der Waals surface area contributed by atoms with Gasteiger partial charge in [-0.05, 0) is 36.2 Å². The molecule has 0 bridgehead atoms. The lowest BCUT2D eigenvalue weighted by molar-refractivity contribution is 0.270. The number of thiazole rings is 1. The van der Waals surface area contributed by atoms with Crippen LogP contribution in [0.1, 0.15) is 19.4 Å². The summed E-state index contributed by atoms with van der Waals surface area (Å²) in [5.74, 6) is 1.21. The largest absolute Gasteiger partial charge is 0.506 e. The average molecular weight is 324 g/mol. The molecule has 2 aromatic carbocycles. The van der Waals surface area contributed by atoms with Crippen LogP contribution in [0.4, 0.5) is 0 Å². The Morgan fingerprint density at radius 2 is 2.13 bits per heavy atom. The molecule has 0 fully saturated rings. The summed E-state index contributed by atoms with van der Waals surface area (Å²) in [6.07, 6.45) is 0. The second kappa shape index (κ2) is 6.27. The van der Waals surface area contributed by atoms with Crippen molar-refractivity contribution in [2.75, 3.05) is 6.61 Å². The molecule has 0 saturated heterocycles. The summed E-state index contributed by atoms with van der Waals surface area (Å²) < 4.78 is 6.43. The molecular weight excluding hydrogens is 308 g/mol. The summed E-state index contributed by atoms with van der Waals surface area (Å²) in [5.41, 5.74) is 2.09. The minimum absolute atomic E-state index is 0.226. The Kier molecular flexibility index (Phi) is 4.18. The summed E-state index contributed by atoms with van der Waals surface area (Å²) in [7, 11) is 0. The minimum atomic E-state index is 0.226. The fourth-order valence-electron chi connectivity index (χ4n) is 2.19. The Hall–Kier alpha value is -2.58. The standard InChI is InChI=1S/C18H16N2O2S/c1-11(2)10-22-16-7-6-12(8-13(16)9-19)18-20-14-4-3-5-15(21)17(14)23-18/h3-8,11,21H,10H2,1-2H3.